The normalized spacial score (nSPS) is 16.9. The first-order chi connectivity index (χ1) is 12.6. The van der Waals surface area contributed by atoms with Gasteiger partial charge in [-0.1, -0.05) is 0 Å². The van der Waals surface area contributed by atoms with E-state index in [-0.39, 0.29) is 37.4 Å². The van der Waals surface area contributed by atoms with Crippen LogP contribution in [0.15, 0.2) is 0 Å². The van der Waals surface area contributed by atoms with Gasteiger partial charge in [0.15, 0.2) is 0 Å². The lowest BCUT2D eigenvalue weighted by molar-refractivity contribution is -0.386. The van der Waals surface area contributed by atoms with E-state index in [1.807, 2.05) is 0 Å². The van der Waals surface area contributed by atoms with Crippen molar-refractivity contribution >= 4 is 11.6 Å². The molecule has 1 aromatic rings. The molecule has 2 rings (SSSR count). The van der Waals surface area contributed by atoms with Gasteiger partial charge in [-0.3, -0.25) is 24.5 Å². The zero-order chi connectivity index (χ0) is 20.2. The van der Waals surface area contributed by atoms with Crippen LogP contribution in [0, 0.1) is 24.0 Å². The van der Waals surface area contributed by atoms with Gasteiger partial charge in [-0.25, -0.2) is 0 Å². The van der Waals surface area contributed by atoms with E-state index in [1.165, 1.54) is 23.4 Å². The fraction of sp³-hybridized carbons (Fsp3) is 0.733. The number of aryl methyl sites for hydroxylation is 2. The number of carbonyl (C=O) groups excluding carboxylic acids is 1. The first-order valence-corrected chi connectivity index (χ1v) is 8.58. The van der Waals surface area contributed by atoms with Gasteiger partial charge in [0.05, 0.1) is 11.5 Å². The van der Waals surface area contributed by atoms with E-state index < -0.39 is 29.6 Å². The molecule has 2 heterocycles. The summed E-state index contributed by atoms with van der Waals surface area (Å²) >= 11 is 0. The summed E-state index contributed by atoms with van der Waals surface area (Å²) in [5.41, 5.74) is 0.416. The summed E-state index contributed by atoms with van der Waals surface area (Å²) in [6.07, 6.45) is -4.56. The lowest BCUT2D eigenvalue weighted by Crippen LogP contribution is -2.57. The minimum atomic E-state index is -4.44. The molecule has 1 saturated heterocycles. The molecular formula is C15H23F3N6O3. The fourth-order valence-electron chi connectivity index (χ4n) is 3.12. The third-order valence-corrected chi connectivity index (χ3v) is 4.54. The van der Waals surface area contributed by atoms with Crippen LogP contribution in [-0.4, -0.2) is 70.5 Å². The van der Waals surface area contributed by atoms with E-state index in [9.17, 15) is 28.1 Å². The van der Waals surface area contributed by atoms with E-state index in [2.05, 4.69) is 15.7 Å². The van der Waals surface area contributed by atoms with Crippen molar-refractivity contribution in [3.63, 3.8) is 0 Å². The highest BCUT2D eigenvalue weighted by molar-refractivity contribution is 5.75. The highest BCUT2D eigenvalue weighted by atomic mass is 19.4. The van der Waals surface area contributed by atoms with Crippen LogP contribution >= 0.6 is 0 Å². The van der Waals surface area contributed by atoms with Crippen molar-refractivity contribution in [3.8, 4) is 0 Å². The maximum absolute atomic E-state index is 13.3. The van der Waals surface area contributed by atoms with E-state index in [0.29, 0.717) is 18.8 Å². The van der Waals surface area contributed by atoms with Gasteiger partial charge in [0.2, 0.25) is 5.91 Å². The lowest BCUT2D eigenvalue weighted by atomic mass is 10.2. The van der Waals surface area contributed by atoms with E-state index in [0.717, 1.165) is 0 Å². The predicted molar refractivity (Wildman–Crippen MR) is 90.3 cm³/mol. The standard InChI is InChI=1S/C15H23F3N6O3/c1-10-14(24(26)27)11(2)23(21-10)6-3-13(25)20-9-12(15(16,17)18)22-7-4-19-5-8-22/h12,19H,3-9H2,1-2H3,(H,20,25). The smallest absolute Gasteiger partial charge is 0.354 e. The highest BCUT2D eigenvalue weighted by Crippen LogP contribution is 2.25. The number of amides is 1. The molecule has 1 amide bonds. The molecule has 0 saturated carbocycles. The Bertz CT molecular complexity index is 685. The summed E-state index contributed by atoms with van der Waals surface area (Å²) in [7, 11) is 0. The van der Waals surface area contributed by atoms with Gasteiger partial charge in [0.25, 0.3) is 0 Å². The molecule has 9 nitrogen and oxygen atoms in total. The Morgan fingerprint density at radius 3 is 2.52 bits per heavy atom. The maximum Gasteiger partial charge on any atom is 0.405 e. The second-order valence-corrected chi connectivity index (χ2v) is 6.40. The molecule has 0 radical (unpaired) electrons. The zero-order valence-corrected chi connectivity index (χ0v) is 15.2. The van der Waals surface area contributed by atoms with Crippen molar-refractivity contribution in [2.24, 2.45) is 0 Å². The van der Waals surface area contributed by atoms with Crippen molar-refractivity contribution in [2.45, 2.75) is 39.0 Å². The number of hydrogen-bond donors (Lipinski definition) is 2. The van der Waals surface area contributed by atoms with Crippen LogP contribution < -0.4 is 10.6 Å². The van der Waals surface area contributed by atoms with Crippen molar-refractivity contribution in [3.05, 3.63) is 21.5 Å². The first-order valence-electron chi connectivity index (χ1n) is 8.58. The van der Waals surface area contributed by atoms with Gasteiger partial charge in [-0.05, 0) is 13.8 Å². The molecular weight excluding hydrogens is 369 g/mol. The molecule has 0 aliphatic carbocycles. The van der Waals surface area contributed by atoms with Crippen molar-refractivity contribution in [1.82, 2.24) is 25.3 Å². The zero-order valence-electron chi connectivity index (χ0n) is 15.2. The van der Waals surface area contributed by atoms with Gasteiger partial charge >= 0.3 is 11.9 Å². The summed E-state index contributed by atoms with van der Waals surface area (Å²) in [4.78, 5) is 23.7. The largest absolute Gasteiger partial charge is 0.405 e. The quantitative estimate of drug-likeness (QED) is 0.524. The Hall–Kier alpha value is -2.21. The van der Waals surface area contributed by atoms with Crippen molar-refractivity contribution in [1.29, 1.82) is 0 Å². The van der Waals surface area contributed by atoms with E-state index >= 15 is 0 Å². The average molecular weight is 392 g/mol. The Morgan fingerprint density at radius 2 is 2.00 bits per heavy atom. The number of halogens is 3. The number of carbonyl (C=O) groups is 1. The molecule has 0 aromatic carbocycles. The molecule has 12 heteroatoms. The molecule has 1 atom stereocenters. The number of nitrogens with zero attached hydrogens (tertiary/aromatic N) is 4. The third-order valence-electron chi connectivity index (χ3n) is 4.54. The molecule has 2 N–H and O–H groups in total. The average Bonchev–Trinajstić information content (AvgIpc) is 2.86. The Kier molecular flexibility index (Phi) is 6.76. The molecule has 1 aromatic heterocycles. The van der Waals surface area contributed by atoms with E-state index in [4.69, 9.17) is 0 Å². The first kappa shape index (κ1) is 21.1. The number of hydrogen-bond acceptors (Lipinski definition) is 6. The second-order valence-electron chi connectivity index (χ2n) is 6.40. The summed E-state index contributed by atoms with van der Waals surface area (Å²) in [5.74, 6) is -0.561. The number of nitro groups is 1. The monoisotopic (exact) mass is 392 g/mol. The van der Waals surface area contributed by atoms with Gasteiger partial charge < -0.3 is 10.6 Å². The molecule has 27 heavy (non-hydrogen) atoms. The molecule has 1 unspecified atom stereocenters. The van der Waals surface area contributed by atoms with Crippen LogP contribution in [0.2, 0.25) is 0 Å². The fourth-order valence-corrected chi connectivity index (χ4v) is 3.12. The number of piperazine rings is 1. The SMILES string of the molecule is Cc1nn(CCC(=O)NCC(N2CCNCC2)C(F)(F)F)c(C)c1[N+](=O)[O-]. The molecule has 1 aliphatic rings. The molecule has 1 fully saturated rings. The second kappa shape index (κ2) is 8.65. The minimum Gasteiger partial charge on any atom is -0.354 e. The summed E-state index contributed by atoms with van der Waals surface area (Å²) in [5, 5.41) is 20.3. The summed E-state index contributed by atoms with van der Waals surface area (Å²) in [6.45, 7) is 3.99. The van der Waals surface area contributed by atoms with Crippen LogP contribution in [0.5, 0.6) is 0 Å². The van der Waals surface area contributed by atoms with Crippen LogP contribution in [0.25, 0.3) is 0 Å². The lowest BCUT2D eigenvalue weighted by Gasteiger charge is -2.35. The Morgan fingerprint density at radius 1 is 1.37 bits per heavy atom. The van der Waals surface area contributed by atoms with Gasteiger partial charge in [-0.15, -0.1) is 0 Å². The van der Waals surface area contributed by atoms with Crippen molar-refractivity contribution < 1.29 is 22.9 Å². The number of alkyl halides is 3. The molecule has 1 aliphatic heterocycles. The Labute approximate surface area is 154 Å². The topological polar surface area (TPSA) is 105 Å². The summed E-state index contributed by atoms with van der Waals surface area (Å²) in [6, 6.07) is -1.74. The minimum absolute atomic E-state index is 0.0522. The van der Waals surface area contributed by atoms with Crippen LogP contribution in [0.4, 0.5) is 18.9 Å². The Balaban J connectivity index is 1.91. The molecule has 0 spiro atoms. The van der Waals surface area contributed by atoms with E-state index in [1.54, 1.807) is 0 Å². The number of aromatic nitrogens is 2. The molecule has 0 bridgehead atoms. The third kappa shape index (κ3) is 5.39. The van der Waals surface area contributed by atoms with Gasteiger partial charge in [-0.2, -0.15) is 18.3 Å². The van der Waals surface area contributed by atoms with Gasteiger partial charge in [0.1, 0.15) is 17.4 Å². The maximum atomic E-state index is 13.3. The molecule has 152 valence electrons. The van der Waals surface area contributed by atoms with Gasteiger partial charge in [0, 0.05) is 39.1 Å². The van der Waals surface area contributed by atoms with Crippen LogP contribution in [0.3, 0.4) is 0 Å². The summed E-state index contributed by atoms with van der Waals surface area (Å²) < 4.78 is 41.2. The van der Waals surface area contributed by atoms with Crippen LogP contribution in [0.1, 0.15) is 17.8 Å². The highest BCUT2D eigenvalue weighted by Gasteiger charge is 2.43. The number of rotatable bonds is 7. The van der Waals surface area contributed by atoms with Crippen molar-refractivity contribution in [2.75, 3.05) is 32.7 Å². The number of nitrogens with one attached hydrogen (secondary N) is 2. The van der Waals surface area contributed by atoms with Crippen LogP contribution in [-0.2, 0) is 11.3 Å². The predicted octanol–water partition coefficient (Wildman–Crippen LogP) is 0.751.